The molecule has 0 bridgehead atoms. The lowest BCUT2D eigenvalue weighted by Gasteiger charge is -1.98. The fourth-order valence-electron chi connectivity index (χ4n) is 1.17. The van der Waals surface area contributed by atoms with Gasteiger partial charge in [0.05, 0.1) is 6.61 Å². The quantitative estimate of drug-likeness (QED) is 0.429. The minimum absolute atomic E-state index is 0.294. The second kappa shape index (κ2) is 5.72. The van der Waals surface area contributed by atoms with E-state index in [-0.39, 0.29) is 0 Å². The van der Waals surface area contributed by atoms with Crippen LogP contribution in [0.15, 0.2) is 18.2 Å². The molecule has 0 aromatic heterocycles. The van der Waals surface area contributed by atoms with Gasteiger partial charge < -0.3 is 4.74 Å². The molecule has 0 unspecified atom stereocenters. The van der Waals surface area contributed by atoms with E-state index < -0.39 is 5.97 Å². The average Bonchev–Trinajstić information content (AvgIpc) is 2.27. The molecule has 0 heterocycles. The third-order valence-corrected chi connectivity index (χ3v) is 1.91. The van der Waals surface area contributed by atoms with Gasteiger partial charge in [-0.1, -0.05) is 18.1 Å². The summed E-state index contributed by atoms with van der Waals surface area (Å²) in [6.07, 6.45) is 0.717. The van der Waals surface area contributed by atoms with Crippen molar-refractivity contribution in [1.82, 2.24) is 0 Å². The van der Waals surface area contributed by atoms with Gasteiger partial charge in [0.1, 0.15) is 0 Å². The third-order valence-electron chi connectivity index (χ3n) is 1.91. The standard InChI is InChI=1S/C13H12O3/c1-3-16-13(15)7-6-11-8-10(2)4-5-12(11)9-14/h4-5,8-9H,3H2,1-2H3. The SMILES string of the molecule is CCOC(=O)C#Cc1cc(C)ccc1C=O. The van der Waals surface area contributed by atoms with Crippen LogP contribution in [0.5, 0.6) is 0 Å². The summed E-state index contributed by atoms with van der Waals surface area (Å²) in [7, 11) is 0. The highest BCUT2D eigenvalue weighted by atomic mass is 16.5. The van der Waals surface area contributed by atoms with Crippen LogP contribution in [0.4, 0.5) is 0 Å². The van der Waals surface area contributed by atoms with Crippen molar-refractivity contribution in [2.45, 2.75) is 13.8 Å². The number of esters is 1. The second-order valence-corrected chi connectivity index (χ2v) is 3.18. The van der Waals surface area contributed by atoms with E-state index in [0.717, 1.165) is 5.56 Å². The number of carbonyl (C=O) groups is 2. The lowest BCUT2D eigenvalue weighted by molar-refractivity contribution is -0.136. The van der Waals surface area contributed by atoms with Crippen molar-refractivity contribution in [3.05, 3.63) is 34.9 Å². The van der Waals surface area contributed by atoms with Crippen LogP contribution in [0.1, 0.15) is 28.4 Å². The van der Waals surface area contributed by atoms with Gasteiger partial charge in [0.25, 0.3) is 0 Å². The highest BCUT2D eigenvalue weighted by molar-refractivity contribution is 5.90. The number of rotatable bonds is 2. The molecule has 82 valence electrons. The Morgan fingerprint density at radius 2 is 2.25 bits per heavy atom. The van der Waals surface area contributed by atoms with Crippen LogP contribution in [-0.4, -0.2) is 18.9 Å². The van der Waals surface area contributed by atoms with Crippen LogP contribution in [0.2, 0.25) is 0 Å². The molecule has 0 amide bonds. The number of aldehydes is 1. The molecule has 16 heavy (non-hydrogen) atoms. The molecule has 0 atom stereocenters. The molecule has 1 aromatic carbocycles. The van der Waals surface area contributed by atoms with Crippen molar-refractivity contribution >= 4 is 12.3 Å². The number of ether oxygens (including phenoxy) is 1. The Morgan fingerprint density at radius 1 is 1.50 bits per heavy atom. The minimum Gasteiger partial charge on any atom is -0.456 e. The fraction of sp³-hybridized carbons (Fsp3) is 0.231. The fourth-order valence-corrected chi connectivity index (χ4v) is 1.17. The number of hydrogen-bond acceptors (Lipinski definition) is 3. The summed E-state index contributed by atoms with van der Waals surface area (Å²) in [4.78, 5) is 21.7. The van der Waals surface area contributed by atoms with E-state index in [4.69, 9.17) is 0 Å². The van der Waals surface area contributed by atoms with Gasteiger partial charge in [-0.15, -0.1) is 0 Å². The van der Waals surface area contributed by atoms with E-state index in [1.54, 1.807) is 19.1 Å². The molecule has 1 rings (SSSR count). The zero-order valence-corrected chi connectivity index (χ0v) is 9.24. The first-order valence-electron chi connectivity index (χ1n) is 4.92. The van der Waals surface area contributed by atoms with Gasteiger partial charge in [0, 0.05) is 17.0 Å². The average molecular weight is 216 g/mol. The molecule has 0 saturated heterocycles. The lowest BCUT2D eigenvalue weighted by atomic mass is 10.1. The molecule has 0 N–H and O–H groups in total. The molecule has 0 spiro atoms. The Kier molecular flexibility index (Phi) is 4.28. The van der Waals surface area contributed by atoms with Crippen LogP contribution < -0.4 is 0 Å². The van der Waals surface area contributed by atoms with Gasteiger partial charge in [-0.25, -0.2) is 4.79 Å². The molecule has 3 heteroatoms. The zero-order chi connectivity index (χ0) is 12.0. The second-order valence-electron chi connectivity index (χ2n) is 3.18. The van der Waals surface area contributed by atoms with Crippen molar-refractivity contribution < 1.29 is 14.3 Å². The van der Waals surface area contributed by atoms with E-state index in [2.05, 4.69) is 16.6 Å². The van der Waals surface area contributed by atoms with Crippen LogP contribution >= 0.6 is 0 Å². The predicted molar refractivity (Wildman–Crippen MR) is 60.1 cm³/mol. The van der Waals surface area contributed by atoms with Crippen molar-refractivity contribution in [2.75, 3.05) is 6.61 Å². The highest BCUT2D eigenvalue weighted by Gasteiger charge is 1.99. The van der Waals surface area contributed by atoms with E-state index in [9.17, 15) is 9.59 Å². The lowest BCUT2D eigenvalue weighted by Crippen LogP contribution is -2.00. The molecule has 3 nitrogen and oxygen atoms in total. The first kappa shape index (κ1) is 12.0. The Labute approximate surface area is 94.4 Å². The summed E-state index contributed by atoms with van der Waals surface area (Å²) in [6, 6.07) is 5.26. The molecular weight excluding hydrogens is 204 g/mol. The Hall–Kier alpha value is -2.08. The number of benzene rings is 1. The van der Waals surface area contributed by atoms with Crippen molar-refractivity contribution in [3.63, 3.8) is 0 Å². The number of hydrogen-bond donors (Lipinski definition) is 0. The Balaban J connectivity index is 2.99. The summed E-state index contributed by atoms with van der Waals surface area (Å²) in [6.45, 7) is 3.90. The van der Waals surface area contributed by atoms with E-state index in [1.165, 1.54) is 0 Å². The van der Waals surface area contributed by atoms with Crippen molar-refractivity contribution in [1.29, 1.82) is 0 Å². The van der Waals surface area contributed by atoms with E-state index >= 15 is 0 Å². The van der Waals surface area contributed by atoms with E-state index in [1.807, 2.05) is 13.0 Å². The first-order valence-corrected chi connectivity index (χ1v) is 4.92. The molecule has 0 saturated carbocycles. The summed E-state index contributed by atoms with van der Waals surface area (Å²) in [5.74, 6) is 4.38. The highest BCUT2D eigenvalue weighted by Crippen LogP contribution is 2.08. The van der Waals surface area contributed by atoms with Crippen molar-refractivity contribution in [2.24, 2.45) is 0 Å². The molecule has 0 fully saturated rings. The smallest absolute Gasteiger partial charge is 0.384 e. The topological polar surface area (TPSA) is 43.4 Å². The first-order chi connectivity index (χ1) is 7.67. The maximum atomic E-state index is 11.0. The minimum atomic E-state index is -0.583. The van der Waals surface area contributed by atoms with Gasteiger partial charge in [-0.2, -0.15) is 0 Å². The maximum Gasteiger partial charge on any atom is 0.384 e. The Morgan fingerprint density at radius 3 is 2.88 bits per heavy atom. The van der Waals surface area contributed by atoms with E-state index in [0.29, 0.717) is 24.0 Å². The normalized spacial score (nSPS) is 8.88. The number of carbonyl (C=O) groups excluding carboxylic acids is 2. The van der Waals surface area contributed by atoms with Gasteiger partial charge in [-0.05, 0) is 25.5 Å². The van der Waals surface area contributed by atoms with Gasteiger partial charge in [0.2, 0.25) is 0 Å². The maximum absolute atomic E-state index is 11.0. The van der Waals surface area contributed by atoms with Crippen LogP contribution in [0, 0.1) is 18.8 Å². The van der Waals surface area contributed by atoms with Crippen LogP contribution in [0.3, 0.4) is 0 Å². The van der Waals surface area contributed by atoms with Gasteiger partial charge >= 0.3 is 5.97 Å². The molecule has 0 radical (unpaired) electrons. The van der Waals surface area contributed by atoms with Crippen LogP contribution in [-0.2, 0) is 9.53 Å². The van der Waals surface area contributed by atoms with Crippen LogP contribution in [0.25, 0.3) is 0 Å². The third kappa shape index (κ3) is 3.25. The number of aryl methyl sites for hydroxylation is 1. The molecule has 1 aromatic rings. The largest absolute Gasteiger partial charge is 0.456 e. The molecule has 0 aliphatic rings. The summed E-state index contributed by atoms with van der Waals surface area (Å²) in [5, 5.41) is 0. The molecule has 0 aliphatic carbocycles. The van der Waals surface area contributed by atoms with Gasteiger partial charge in [-0.3, -0.25) is 4.79 Å². The predicted octanol–water partition coefficient (Wildman–Crippen LogP) is 1.72. The molecule has 0 aliphatic heterocycles. The summed E-state index contributed by atoms with van der Waals surface area (Å²) < 4.78 is 4.67. The summed E-state index contributed by atoms with van der Waals surface area (Å²) >= 11 is 0. The van der Waals surface area contributed by atoms with Crippen molar-refractivity contribution in [3.8, 4) is 11.8 Å². The molecular formula is C13H12O3. The Bertz CT molecular complexity index is 464. The summed E-state index contributed by atoms with van der Waals surface area (Å²) in [5.41, 5.74) is 2.00. The zero-order valence-electron chi connectivity index (χ0n) is 9.24. The van der Waals surface area contributed by atoms with Gasteiger partial charge in [0.15, 0.2) is 6.29 Å². The monoisotopic (exact) mass is 216 g/mol.